The van der Waals surface area contributed by atoms with Gasteiger partial charge in [-0.2, -0.15) is 0 Å². The quantitative estimate of drug-likeness (QED) is 0.498. The van der Waals surface area contributed by atoms with Gasteiger partial charge in [-0.1, -0.05) is 26.0 Å². The Labute approximate surface area is 217 Å². The number of piperazine rings is 1. The molecule has 2 aromatic carbocycles. The van der Waals surface area contributed by atoms with Crippen LogP contribution in [0.4, 0.5) is 20.2 Å². The van der Waals surface area contributed by atoms with Gasteiger partial charge in [0.15, 0.2) is 17.4 Å². The Morgan fingerprint density at radius 3 is 2.49 bits per heavy atom. The highest BCUT2D eigenvalue weighted by molar-refractivity contribution is 5.72. The van der Waals surface area contributed by atoms with Crippen LogP contribution < -0.4 is 19.9 Å². The highest BCUT2D eigenvalue weighted by Crippen LogP contribution is 2.39. The first-order chi connectivity index (χ1) is 17.8. The zero-order valence-electron chi connectivity index (χ0n) is 22.0. The Hall–Kier alpha value is -3.26. The number of ether oxygens (including phenoxy) is 1. The molecule has 1 aromatic heterocycles. The first-order valence-electron chi connectivity index (χ1n) is 13.1. The number of hydrogen-bond acceptors (Lipinski definition) is 6. The van der Waals surface area contributed by atoms with Crippen LogP contribution in [0, 0.1) is 11.6 Å². The van der Waals surface area contributed by atoms with Crippen molar-refractivity contribution >= 4 is 11.4 Å². The van der Waals surface area contributed by atoms with Gasteiger partial charge in [-0.15, -0.1) is 0 Å². The maximum Gasteiger partial charge on any atom is 0.178 e. The van der Waals surface area contributed by atoms with Crippen molar-refractivity contribution in [1.29, 1.82) is 0 Å². The van der Waals surface area contributed by atoms with E-state index < -0.39 is 11.6 Å². The van der Waals surface area contributed by atoms with E-state index in [1.807, 2.05) is 13.8 Å². The molecule has 2 aliphatic rings. The summed E-state index contributed by atoms with van der Waals surface area (Å²) in [7, 11) is 0. The zero-order valence-corrected chi connectivity index (χ0v) is 22.0. The van der Waals surface area contributed by atoms with E-state index in [1.54, 1.807) is 6.07 Å². The van der Waals surface area contributed by atoms with Crippen molar-refractivity contribution < 1.29 is 13.5 Å². The van der Waals surface area contributed by atoms with Gasteiger partial charge in [0.05, 0.1) is 18.4 Å². The molecule has 0 spiro atoms. The second-order valence-corrected chi connectivity index (χ2v) is 10.4. The van der Waals surface area contributed by atoms with Gasteiger partial charge in [0.2, 0.25) is 0 Å². The third-order valence-electron chi connectivity index (χ3n) is 7.14. The fourth-order valence-corrected chi connectivity index (χ4v) is 5.22. The number of nitrogens with zero attached hydrogens (tertiary/aromatic N) is 4. The average molecular weight is 508 g/mol. The molecular weight excluding hydrogens is 472 g/mol. The van der Waals surface area contributed by atoms with Gasteiger partial charge in [-0.25, -0.2) is 18.7 Å². The molecule has 1 saturated heterocycles. The molecule has 0 bridgehead atoms. The molecule has 37 heavy (non-hydrogen) atoms. The van der Waals surface area contributed by atoms with Crippen LogP contribution in [0.15, 0.2) is 36.5 Å². The van der Waals surface area contributed by atoms with E-state index in [0.29, 0.717) is 42.6 Å². The SMILES string of the molecule is CC(C)c1cc(Cc2ncc(F)c(-c3cc(F)c4c(c3)N(C(C)C)CCO4)n2)ccc1N1CCNCC1. The van der Waals surface area contributed by atoms with Crippen LogP contribution >= 0.6 is 0 Å². The van der Waals surface area contributed by atoms with Crippen molar-refractivity contribution in [2.24, 2.45) is 0 Å². The van der Waals surface area contributed by atoms with E-state index in [2.05, 4.69) is 57.1 Å². The van der Waals surface area contributed by atoms with Crippen LogP contribution in [-0.2, 0) is 6.42 Å². The molecule has 0 unspecified atom stereocenters. The number of halogens is 2. The summed E-state index contributed by atoms with van der Waals surface area (Å²) < 4.78 is 35.6. The zero-order chi connectivity index (χ0) is 26.1. The normalized spacial score (nSPS) is 15.8. The summed E-state index contributed by atoms with van der Waals surface area (Å²) in [5.41, 5.74) is 4.72. The lowest BCUT2D eigenvalue weighted by Gasteiger charge is -2.34. The Bertz CT molecular complexity index is 1270. The Morgan fingerprint density at radius 2 is 1.76 bits per heavy atom. The van der Waals surface area contributed by atoms with Gasteiger partial charge in [-0.05, 0) is 49.1 Å². The van der Waals surface area contributed by atoms with E-state index >= 15 is 4.39 Å². The maximum absolute atomic E-state index is 15.0. The summed E-state index contributed by atoms with van der Waals surface area (Å²) >= 11 is 0. The standard InChI is InChI=1S/C29H35F2N5O/c1-18(2)22-13-20(5-6-25(22)35-9-7-32-8-10-35)14-27-33-17-24(31)28(34-27)21-15-23(30)29-26(16-21)36(19(3)4)11-12-37-29/h5-6,13,15-19,32H,7-12,14H2,1-4H3. The van der Waals surface area contributed by atoms with Crippen molar-refractivity contribution in [3.05, 3.63) is 65.1 Å². The minimum atomic E-state index is -0.576. The van der Waals surface area contributed by atoms with Crippen LogP contribution in [0.5, 0.6) is 5.75 Å². The molecular formula is C29H35F2N5O. The average Bonchev–Trinajstić information content (AvgIpc) is 2.89. The third kappa shape index (κ3) is 5.25. The molecule has 0 aliphatic carbocycles. The lowest BCUT2D eigenvalue weighted by atomic mass is 9.96. The minimum Gasteiger partial charge on any atom is -0.486 e. The fourth-order valence-electron chi connectivity index (χ4n) is 5.22. The predicted octanol–water partition coefficient (Wildman–Crippen LogP) is 5.15. The first kappa shape index (κ1) is 25.4. The Balaban J connectivity index is 1.46. The van der Waals surface area contributed by atoms with Crippen LogP contribution in [0.1, 0.15) is 50.6 Å². The van der Waals surface area contributed by atoms with E-state index in [9.17, 15) is 4.39 Å². The van der Waals surface area contributed by atoms with Crippen molar-refractivity contribution in [2.75, 3.05) is 49.1 Å². The summed E-state index contributed by atoms with van der Waals surface area (Å²) in [6.07, 6.45) is 1.65. The lowest BCUT2D eigenvalue weighted by Crippen LogP contribution is -2.44. The topological polar surface area (TPSA) is 53.5 Å². The van der Waals surface area contributed by atoms with Gasteiger partial charge in [0.25, 0.3) is 0 Å². The molecule has 6 nitrogen and oxygen atoms in total. The molecule has 2 aliphatic heterocycles. The highest BCUT2D eigenvalue weighted by atomic mass is 19.1. The van der Waals surface area contributed by atoms with E-state index in [0.717, 1.165) is 31.7 Å². The second-order valence-electron chi connectivity index (χ2n) is 10.4. The molecule has 1 fully saturated rings. The number of rotatable bonds is 6. The summed E-state index contributed by atoms with van der Waals surface area (Å²) in [6.45, 7) is 13.5. The van der Waals surface area contributed by atoms with Crippen molar-refractivity contribution in [3.8, 4) is 17.0 Å². The van der Waals surface area contributed by atoms with Gasteiger partial charge in [0.1, 0.15) is 18.1 Å². The van der Waals surface area contributed by atoms with Gasteiger partial charge in [-0.3, -0.25) is 0 Å². The summed E-state index contributed by atoms with van der Waals surface area (Å²) in [5.74, 6) is -0.0187. The van der Waals surface area contributed by atoms with Crippen molar-refractivity contribution in [3.63, 3.8) is 0 Å². The van der Waals surface area contributed by atoms with Crippen LogP contribution in [0.3, 0.4) is 0 Å². The molecule has 1 N–H and O–H groups in total. The summed E-state index contributed by atoms with van der Waals surface area (Å²) in [5, 5.41) is 3.41. The molecule has 8 heteroatoms. The van der Waals surface area contributed by atoms with Crippen molar-refractivity contribution in [2.45, 2.75) is 46.1 Å². The number of hydrogen-bond donors (Lipinski definition) is 1. The third-order valence-corrected chi connectivity index (χ3v) is 7.14. The number of fused-ring (bicyclic) bond motifs is 1. The van der Waals surface area contributed by atoms with Gasteiger partial charge >= 0.3 is 0 Å². The van der Waals surface area contributed by atoms with E-state index in [4.69, 9.17) is 4.74 Å². The lowest BCUT2D eigenvalue weighted by molar-refractivity contribution is 0.287. The predicted molar refractivity (Wildman–Crippen MR) is 144 cm³/mol. The maximum atomic E-state index is 15.0. The van der Waals surface area contributed by atoms with E-state index in [1.165, 1.54) is 23.5 Å². The molecule has 0 radical (unpaired) electrons. The van der Waals surface area contributed by atoms with Crippen molar-refractivity contribution in [1.82, 2.24) is 15.3 Å². The summed E-state index contributed by atoms with van der Waals surface area (Å²) in [6, 6.07) is 9.72. The number of anilines is 2. The Kier molecular flexibility index (Phi) is 7.29. The van der Waals surface area contributed by atoms with E-state index in [-0.39, 0.29) is 17.5 Å². The molecule has 5 rings (SSSR count). The fraction of sp³-hybridized carbons (Fsp3) is 0.448. The monoisotopic (exact) mass is 507 g/mol. The second kappa shape index (κ2) is 10.6. The largest absolute Gasteiger partial charge is 0.486 e. The minimum absolute atomic E-state index is 0.0995. The first-order valence-corrected chi connectivity index (χ1v) is 13.1. The Morgan fingerprint density at radius 1 is 0.973 bits per heavy atom. The molecule has 3 heterocycles. The highest BCUT2D eigenvalue weighted by Gasteiger charge is 2.26. The molecule has 0 amide bonds. The number of nitrogens with one attached hydrogen (secondary N) is 1. The summed E-state index contributed by atoms with van der Waals surface area (Å²) in [4.78, 5) is 13.3. The number of aromatic nitrogens is 2. The smallest absolute Gasteiger partial charge is 0.178 e. The molecule has 0 saturated carbocycles. The van der Waals surface area contributed by atoms with Crippen LogP contribution in [-0.4, -0.2) is 55.3 Å². The van der Waals surface area contributed by atoms with Gasteiger partial charge < -0.3 is 19.9 Å². The van der Waals surface area contributed by atoms with Crippen LogP contribution in [0.25, 0.3) is 11.3 Å². The number of benzene rings is 2. The molecule has 196 valence electrons. The molecule has 3 aromatic rings. The van der Waals surface area contributed by atoms with Crippen LogP contribution in [0.2, 0.25) is 0 Å². The van der Waals surface area contributed by atoms with Gasteiger partial charge in [0, 0.05) is 49.9 Å². The molecule has 0 atom stereocenters.